The van der Waals surface area contributed by atoms with Crippen molar-refractivity contribution in [2.45, 2.75) is 12.5 Å². The van der Waals surface area contributed by atoms with Crippen molar-refractivity contribution in [2.75, 3.05) is 0 Å². The standard InChI is InChI=1S/C14H10BrClF2O/c15-11-4-2-9(5-12(11)16)14(19)6-8-1-3-10(17)7-13(8)18/h1-5,7,14,19H,6H2. The molecule has 2 rings (SSSR count). The Morgan fingerprint density at radius 3 is 2.53 bits per heavy atom. The number of aliphatic hydroxyl groups excluding tert-OH is 1. The highest BCUT2D eigenvalue weighted by atomic mass is 79.9. The van der Waals surface area contributed by atoms with Gasteiger partial charge in [-0.25, -0.2) is 8.78 Å². The molecular formula is C14H10BrClF2O. The van der Waals surface area contributed by atoms with Crippen LogP contribution in [0.3, 0.4) is 0 Å². The molecule has 0 fully saturated rings. The molecule has 0 saturated heterocycles. The molecule has 0 bridgehead atoms. The third-order valence-electron chi connectivity index (χ3n) is 2.76. The Kier molecular flexibility index (Phi) is 4.55. The van der Waals surface area contributed by atoms with E-state index >= 15 is 0 Å². The van der Waals surface area contributed by atoms with E-state index in [1.165, 1.54) is 12.1 Å². The minimum atomic E-state index is -0.898. The van der Waals surface area contributed by atoms with Gasteiger partial charge in [-0.2, -0.15) is 0 Å². The Hall–Kier alpha value is -0.970. The summed E-state index contributed by atoms with van der Waals surface area (Å²) in [5.74, 6) is -1.30. The number of benzene rings is 2. The second-order valence-corrected chi connectivity index (χ2v) is 5.39. The molecule has 0 spiro atoms. The van der Waals surface area contributed by atoms with Crippen LogP contribution in [0, 0.1) is 11.6 Å². The first-order valence-electron chi connectivity index (χ1n) is 5.54. The molecule has 2 aromatic carbocycles. The van der Waals surface area contributed by atoms with Crippen LogP contribution < -0.4 is 0 Å². The summed E-state index contributed by atoms with van der Waals surface area (Å²) in [5, 5.41) is 10.5. The number of aliphatic hydroxyl groups is 1. The monoisotopic (exact) mass is 346 g/mol. The molecule has 1 nitrogen and oxygen atoms in total. The van der Waals surface area contributed by atoms with Gasteiger partial charge in [0.25, 0.3) is 0 Å². The van der Waals surface area contributed by atoms with Gasteiger partial charge in [-0.05, 0) is 45.3 Å². The van der Waals surface area contributed by atoms with Crippen molar-refractivity contribution in [3.63, 3.8) is 0 Å². The van der Waals surface area contributed by atoms with Crippen LogP contribution in [0.15, 0.2) is 40.9 Å². The maximum atomic E-state index is 13.5. The highest BCUT2D eigenvalue weighted by Gasteiger charge is 2.13. The van der Waals surface area contributed by atoms with E-state index < -0.39 is 17.7 Å². The third-order valence-corrected chi connectivity index (χ3v) is 3.99. The summed E-state index contributed by atoms with van der Waals surface area (Å²) in [6.07, 6.45) is -0.838. The molecule has 5 heteroatoms. The third kappa shape index (κ3) is 3.53. The van der Waals surface area contributed by atoms with Gasteiger partial charge in [0.2, 0.25) is 0 Å². The first-order valence-corrected chi connectivity index (χ1v) is 6.71. The van der Waals surface area contributed by atoms with Gasteiger partial charge in [0.1, 0.15) is 11.6 Å². The van der Waals surface area contributed by atoms with E-state index in [2.05, 4.69) is 15.9 Å². The zero-order chi connectivity index (χ0) is 14.0. The SMILES string of the molecule is OC(Cc1ccc(F)cc1F)c1ccc(Br)c(Cl)c1. The van der Waals surface area contributed by atoms with Crippen LogP contribution in [0.1, 0.15) is 17.2 Å². The molecule has 1 atom stereocenters. The molecule has 19 heavy (non-hydrogen) atoms. The van der Waals surface area contributed by atoms with Crippen LogP contribution in [-0.4, -0.2) is 5.11 Å². The van der Waals surface area contributed by atoms with Gasteiger partial charge in [-0.3, -0.25) is 0 Å². The van der Waals surface area contributed by atoms with Crippen LogP contribution >= 0.6 is 27.5 Å². The highest BCUT2D eigenvalue weighted by Crippen LogP contribution is 2.28. The average Bonchev–Trinajstić information content (AvgIpc) is 2.36. The lowest BCUT2D eigenvalue weighted by Crippen LogP contribution is -2.04. The van der Waals surface area contributed by atoms with E-state index in [0.29, 0.717) is 10.6 Å². The summed E-state index contributed by atoms with van der Waals surface area (Å²) < 4.78 is 27.0. The Morgan fingerprint density at radius 1 is 1.16 bits per heavy atom. The predicted molar refractivity (Wildman–Crippen MR) is 74.2 cm³/mol. The van der Waals surface area contributed by atoms with Crippen LogP contribution in [0.2, 0.25) is 5.02 Å². The Bertz CT molecular complexity index is 604. The zero-order valence-corrected chi connectivity index (χ0v) is 12.0. The van der Waals surface area contributed by atoms with Gasteiger partial charge in [-0.15, -0.1) is 0 Å². The molecule has 2 aromatic rings. The Balaban J connectivity index is 2.20. The smallest absolute Gasteiger partial charge is 0.129 e. The molecule has 0 heterocycles. The van der Waals surface area contributed by atoms with E-state index in [1.54, 1.807) is 18.2 Å². The minimum absolute atomic E-state index is 0.0596. The number of halogens is 4. The average molecular weight is 348 g/mol. The molecule has 0 aliphatic rings. The van der Waals surface area contributed by atoms with Crippen molar-refractivity contribution in [1.82, 2.24) is 0 Å². The fraction of sp³-hybridized carbons (Fsp3) is 0.143. The summed E-state index contributed by atoms with van der Waals surface area (Å²) >= 11 is 9.18. The molecular weight excluding hydrogens is 338 g/mol. The van der Waals surface area contributed by atoms with E-state index in [-0.39, 0.29) is 12.0 Å². The van der Waals surface area contributed by atoms with Gasteiger partial charge >= 0.3 is 0 Å². The van der Waals surface area contributed by atoms with Gasteiger partial charge < -0.3 is 5.11 Å². The second kappa shape index (κ2) is 5.99. The lowest BCUT2D eigenvalue weighted by atomic mass is 10.0. The summed E-state index contributed by atoms with van der Waals surface area (Å²) in [7, 11) is 0. The lowest BCUT2D eigenvalue weighted by Gasteiger charge is -2.12. The molecule has 0 saturated carbocycles. The minimum Gasteiger partial charge on any atom is -0.388 e. The maximum absolute atomic E-state index is 13.5. The molecule has 0 amide bonds. The van der Waals surface area contributed by atoms with Gasteiger partial charge in [-0.1, -0.05) is 23.7 Å². The molecule has 0 aromatic heterocycles. The number of rotatable bonds is 3. The Morgan fingerprint density at radius 2 is 1.89 bits per heavy atom. The quantitative estimate of drug-likeness (QED) is 0.856. The summed E-state index contributed by atoms with van der Waals surface area (Å²) in [6.45, 7) is 0. The fourth-order valence-electron chi connectivity index (χ4n) is 1.73. The topological polar surface area (TPSA) is 20.2 Å². The highest BCUT2D eigenvalue weighted by molar-refractivity contribution is 9.10. The van der Waals surface area contributed by atoms with E-state index in [4.69, 9.17) is 11.6 Å². The zero-order valence-electron chi connectivity index (χ0n) is 9.71. The number of hydrogen-bond acceptors (Lipinski definition) is 1. The molecule has 0 aliphatic carbocycles. The summed E-state index contributed by atoms with van der Waals surface area (Å²) in [4.78, 5) is 0. The first-order chi connectivity index (χ1) is 8.97. The Labute approximate surface area is 123 Å². The molecule has 100 valence electrons. The van der Waals surface area contributed by atoms with Gasteiger partial charge in [0, 0.05) is 17.0 Å². The van der Waals surface area contributed by atoms with Crippen molar-refractivity contribution >= 4 is 27.5 Å². The number of hydrogen-bond donors (Lipinski definition) is 1. The largest absolute Gasteiger partial charge is 0.388 e. The lowest BCUT2D eigenvalue weighted by molar-refractivity contribution is 0.177. The van der Waals surface area contributed by atoms with E-state index in [1.807, 2.05) is 0 Å². The maximum Gasteiger partial charge on any atom is 0.129 e. The molecule has 1 N–H and O–H groups in total. The van der Waals surface area contributed by atoms with Crippen molar-refractivity contribution in [1.29, 1.82) is 0 Å². The summed E-state index contributed by atoms with van der Waals surface area (Å²) in [5.41, 5.74) is 0.838. The normalized spacial score (nSPS) is 12.5. The van der Waals surface area contributed by atoms with Crippen molar-refractivity contribution < 1.29 is 13.9 Å². The van der Waals surface area contributed by atoms with Gasteiger partial charge in [0.05, 0.1) is 11.1 Å². The second-order valence-electron chi connectivity index (χ2n) is 4.13. The van der Waals surface area contributed by atoms with E-state index in [9.17, 15) is 13.9 Å². The van der Waals surface area contributed by atoms with Crippen molar-refractivity contribution in [3.05, 3.63) is 68.7 Å². The van der Waals surface area contributed by atoms with Crippen LogP contribution in [-0.2, 0) is 6.42 Å². The van der Waals surface area contributed by atoms with Crippen LogP contribution in [0.25, 0.3) is 0 Å². The fourth-order valence-corrected chi connectivity index (χ4v) is 2.17. The predicted octanol–water partition coefficient (Wildman–Crippen LogP) is 4.66. The van der Waals surface area contributed by atoms with Crippen LogP contribution in [0.4, 0.5) is 8.78 Å². The molecule has 0 aliphatic heterocycles. The summed E-state index contributed by atoms with van der Waals surface area (Å²) in [6, 6.07) is 8.31. The first kappa shape index (κ1) is 14.4. The van der Waals surface area contributed by atoms with E-state index in [0.717, 1.165) is 10.5 Å². The molecule has 0 radical (unpaired) electrons. The molecule has 1 unspecified atom stereocenters. The van der Waals surface area contributed by atoms with Crippen molar-refractivity contribution in [3.8, 4) is 0 Å². The van der Waals surface area contributed by atoms with Crippen LogP contribution in [0.5, 0.6) is 0 Å². The van der Waals surface area contributed by atoms with Gasteiger partial charge in [0.15, 0.2) is 0 Å². The van der Waals surface area contributed by atoms with Crippen molar-refractivity contribution in [2.24, 2.45) is 0 Å².